The van der Waals surface area contributed by atoms with Gasteiger partial charge in [0.05, 0.1) is 5.69 Å². The summed E-state index contributed by atoms with van der Waals surface area (Å²) in [5.41, 5.74) is -0.433. The van der Waals surface area contributed by atoms with E-state index in [0.29, 0.717) is 16.5 Å². The summed E-state index contributed by atoms with van der Waals surface area (Å²) in [5.74, 6) is -1.28. The molecule has 0 unspecified atom stereocenters. The van der Waals surface area contributed by atoms with E-state index >= 15 is 0 Å². The minimum absolute atomic E-state index is 0.103. The van der Waals surface area contributed by atoms with E-state index < -0.39 is 17.8 Å². The first-order valence-electron chi connectivity index (χ1n) is 8.01. The van der Waals surface area contributed by atoms with Crippen LogP contribution in [0.3, 0.4) is 0 Å². The Hall–Kier alpha value is -2.97. The predicted molar refractivity (Wildman–Crippen MR) is 88.4 cm³/mol. The summed E-state index contributed by atoms with van der Waals surface area (Å²) in [6.45, 7) is 3.65. The molecule has 0 saturated carbocycles. The molecule has 0 spiro atoms. The van der Waals surface area contributed by atoms with E-state index in [4.69, 9.17) is 0 Å². The van der Waals surface area contributed by atoms with Crippen LogP contribution >= 0.6 is 0 Å². The molecule has 0 saturated heterocycles. The summed E-state index contributed by atoms with van der Waals surface area (Å²) in [6.07, 6.45) is -4.01. The van der Waals surface area contributed by atoms with Crippen LogP contribution < -0.4 is 5.32 Å². The molecular weight excluding hydrogens is 347 g/mol. The number of nitrogens with zero attached hydrogens (tertiary/aromatic N) is 4. The molecule has 26 heavy (non-hydrogen) atoms. The number of hydrogen-bond acceptors (Lipinski definition) is 4. The summed E-state index contributed by atoms with van der Waals surface area (Å²) in [4.78, 5) is 20.2. The summed E-state index contributed by atoms with van der Waals surface area (Å²) in [6, 6.07) is 9.18. The summed E-state index contributed by atoms with van der Waals surface area (Å²) in [7, 11) is 0. The Morgan fingerprint density at radius 3 is 2.54 bits per heavy atom. The molecule has 1 aromatic carbocycles. The van der Waals surface area contributed by atoms with Crippen LogP contribution in [0.5, 0.6) is 0 Å². The van der Waals surface area contributed by atoms with Crippen molar-refractivity contribution in [3.05, 3.63) is 47.9 Å². The molecule has 9 heteroatoms. The Morgan fingerprint density at radius 1 is 1.23 bits per heavy atom. The molecular formula is C17H16F3N5O. The lowest BCUT2D eigenvalue weighted by Gasteiger charge is -2.10. The van der Waals surface area contributed by atoms with Gasteiger partial charge < -0.3 is 5.32 Å². The first-order chi connectivity index (χ1) is 12.3. The highest BCUT2D eigenvalue weighted by Crippen LogP contribution is 2.31. The van der Waals surface area contributed by atoms with Crippen LogP contribution in [0.4, 0.5) is 13.2 Å². The van der Waals surface area contributed by atoms with Crippen LogP contribution in [0, 0.1) is 0 Å². The van der Waals surface area contributed by atoms with Crippen LogP contribution in [0.25, 0.3) is 17.0 Å². The normalized spacial score (nSPS) is 13.0. The lowest BCUT2D eigenvalue weighted by atomic mass is 10.1. The van der Waals surface area contributed by atoms with E-state index in [-0.39, 0.29) is 23.3 Å². The first-order valence-corrected chi connectivity index (χ1v) is 8.01. The van der Waals surface area contributed by atoms with Crippen molar-refractivity contribution in [2.75, 3.05) is 0 Å². The lowest BCUT2D eigenvalue weighted by molar-refractivity contribution is -0.142. The number of nitrogens with one attached hydrogen (secondary N) is 1. The number of hydrogen-bond donors (Lipinski definition) is 1. The molecule has 1 amide bonds. The van der Waals surface area contributed by atoms with Gasteiger partial charge in [0.15, 0.2) is 5.69 Å². The fourth-order valence-corrected chi connectivity index (χ4v) is 2.31. The van der Waals surface area contributed by atoms with Gasteiger partial charge in [0, 0.05) is 11.6 Å². The highest BCUT2D eigenvalue weighted by molar-refractivity contribution is 5.91. The average molecular weight is 363 g/mol. The van der Waals surface area contributed by atoms with Gasteiger partial charge in [-0.3, -0.25) is 4.79 Å². The number of carbonyl (C=O) groups excluding carboxylic acids is 1. The monoisotopic (exact) mass is 363 g/mol. The largest absolute Gasteiger partial charge is 0.433 e. The minimum Gasteiger partial charge on any atom is -0.347 e. The van der Waals surface area contributed by atoms with Crippen molar-refractivity contribution in [3.8, 4) is 11.3 Å². The van der Waals surface area contributed by atoms with Gasteiger partial charge in [-0.2, -0.15) is 22.7 Å². The second-order valence-corrected chi connectivity index (χ2v) is 5.82. The second-order valence-electron chi connectivity index (χ2n) is 5.82. The highest BCUT2D eigenvalue weighted by Gasteiger charge is 2.36. The molecule has 0 aliphatic heterocycles. The van der Waals surface area contributed by atoms with Gasteiger partial charge in [-0.15, -0.1) is 5.10 Å². The zero-order valence-electron chi connectivity index (χ0n) is 14.1. The number of rotatable bonds is 4. The summed E-state index contributed by atoms with van der Waals surface area (Å²) < 4.78 is 41.0. The maximum absolute atomic E-state index is 13.5. The third-order valence-electron chi connectivity index (χ3n) is 3.87. The van der Waals surface area contributed by atoms with Crippen molar-refractivity contribution in [2.24, 2.45) is 0 Å². The van der Waals surface area contributed by atoms with Gasteiger partial charge in [-0.25, -0.2) is 4.98 Å². The Kier molecular flexibility index (Phi) is 4.62. The Labute approximate surface area is 147 Å². The number of carbonyl (C=O) groups is 1. The van der Waals surface area contributed by atoms with Crippen molar-refractivity contribution in [3.63, 3.8) is 0 Å². The van der Waals surface area contributed by atoms with Crippen molar-refractivity contribution in [1.82, 2.24) is 24.9 Å². The number of fused-ring (bicyclic) bond motifs is 1. The summed E-state index contributed by atoms with van der Waals surface area (Å²) >= 11 is 0. The molecule has 1 N–H and O–H groups in total. The average Bonchev–Trinajstić information content (AvgIpc) is 3.04. The fraction of sp³-hybridized carbons (Fsp3) is 0.294. The number of benzene rings is 1. The van der Waals surface area contributed by atoms with Crippen LogP contribution in [-0.4, -0.2) is 31.5 Å². The van der Waals surface area contributed by atoms with Gasteiger partial charge >= 0.3 is 6.18 Å². The molecule has 1 atom stereocenters. The maximum atomic E-state index is 13.5. The molecule has 0 fully saturated rings. The number of amides is 1. The maximum Gasteiger partial charge on any atom is 0.433 e. The van der Waals surface area contributed by atoms with E-state index in [1.165, 1.54) is 0 Å². The molecule has 136 valence electrons. The Balaban J connectivity index is 2.13. The number of alkyl halides is 3. The molecule has 0 aliphatic rings. The topological polar surface area (TPSA) is 72.2 Å². The quantitative estimate of drug-likeness (QED) is 0.772. The predicted octanol–water partition coefficient (Wildman–Crippen LogP) is 3.34. The van der Waals surface area contributed by atoms with Gasteiger partial charge in [0.1, 0.15) is 0 Å². The third-order valence-corrected chi connectivity index (χ3v) is 3.87. The van der Waals surface area contributed by atoms with Crippen LogP contribution in [0.15, 0.2) is 36.4 Å². The van der Waals surface area contributed by atoms with Crippen molar-refractivity contribution >= 4 is 11.7 Å². The SMILES string of the molecule is CC[C@@H](C)NC(=O)c1nc2nc(-c3ccccc3)cc(C(F)(F)F)n2n1. The van der Waals surface area contributed by atoms with Gasteiger partial charge in [-0.05, 0) is 19.4 Å². The molecule has 3 aromatic rings. The zero-order chi connectivity index (χ0) is 18.9. The highest BCUT2D eigenvalue weighted by atomic mass is 19.4. The van der Waals surface area contributed by atoms with Gasteiger partial charge in [-0.1, -0.05) is 37.3 Å². The molecule has 0 radical (unpaired) electrons. The molecule has 2 heterocycles. The van der Waals surface area contributed by atoms with E-state index in [1.807, 2.05) is 6.92 Å². The Morgan fingerprint density at radius 2 is 1.92 bits per heavy atom. The van der Waals surface area contributed by atoms with E-state index in [1.54, 1.807) is 37.3 Å². The van der Waals surface area contributed by atoms with Gasteiger partial charge in [0.25, 0.3) is 11.7 Å². The molecule has 0 bridgehead atoms. The molecule has 2 aromatic heterocycles. The Bertz CT molecular complexity index is 937. The smallest absolute Gasteiger partial charge is 0.347 e. The number of halogens is 3. The number of aromatic nitrogens is 4. The second kappa shape index (κ2) is 6.74. The first kappa shape index (κ1) is 17.8. The fourth-order valence-electron chi connectivity index (χ4n) is 2.31. The van der Waals surface area contributed by atoms with Gasteiger partial charge in [0.2, 0.25) is 5.82 Å². The van der Waals surface area contributed by atoms with Crippen LogP contribution in [0.2, 0.25) is 0 Å². The van der Waals surface area contributed by atoms with Crippen LogP contribution in [0.1, 0.15) is 36.6 Å². The molecule has 3 rings (SSSR count). The standard InChI is InChI=1S/C17H16F3N5O/c1-3-10(2)21-15(26)14-23-16-22-12(11-7-5-4-6-8-11)9-13(17(18,19)20)25(16)24-14/h4-10H,3H2,1-2H3,(H,21,26)/t10-/m1/s1. The zero-order valence-corrected chi connectivity index (χ0v) is 14.1. The van der Waals surface area contributed by atoms with Crippen molar-refractivity contribution in [1.29, 1.82) is 0 Å². The minimum atomic E-state index is -4.68. The van der Waals surface area contributed by atoms with E-state index in [0.717, 1.165) is 6.07 Å². The third kappa shape index (κ3) is 3.51. The van der Waals surface area contributed by atoms with E-state index in [2.05, 4.69) is 20.4 Å². The van der Waals surface area contributed by atoms with Crippen molar-refractivity contribution in [2.45, 2.75) is 32.5 Å². The lowest BCUT2D eigenvalue weighted by Crippen LogP contribution is -2.32. The summed E-state index contributed by atoms with van der Waals surface area (Å²) in [5, 5.41) is 6.34. The molecule has 6 nitrogen and oxygen atoms in total. The van der Waals surface area contributed by atoms with Crippen molar-refractivity contribution < 1.29 is 18.0 Å². The van der Waals surface area contributed by atoms with Crippen LogP contribution in [-0.2, 0) is 6.18 Å². The van der Waals surface area contributed by atoms with E-state index in [9.17, 15) is 18.0 Å². The molecule has 0 aliphatic carbocycles.